The third-order valence-electron chi connectivity index (χ3n) is 2.53. The first-order valence-electron chi connectivity index (χ1n) is 5.80. The average molecular weight is 214 g/mol. The van der Waals surface area contributed by atoms with Gasteiger partial charge in [0.2, 0.25) is 5.91 Å². The molecule has 15 heavy (non-hydrogen) atoms. The molecule has 4 heteroatoms. The van der Waals surface area contributed by atoms with Gasteiger partial charge in [-0.15, -0.1) is 0 Å². The van der Waals surface area contributed by atoms with Crippen LogP contribution in [0, 0.1) is 0 Å². The zero-order valence-electron chi connectivity index (χ0n) is 9.71. The first-order valence-corrected chi connectivity index (χ1v) is 5.80. The number of carbonyl (C=O) groups is 1. The predicted molar refractivity (Wildman–Crippen MR) is 59.7 cm³/mol. The van der Waals surface area contributed by atoms with E-state index in [2.05, 4.69) is 10.6 Å². The molecule has 1 fully saturated rings. The van der Waals surface area contributed by atoms with Crippen LogP contribution in [0.25, 0.3) is 0 Å². The Bertz CT molecular complexity index is 189. The van der Waals surface area contributed by atoms with Crippen molar-refractivity contribution in [3.8, 4) is 0 Å². The van der Waals surface area contributed by atoms with E-state index in [0.29, 0.717) is 6.04 Å². The molecule has 2 N–H and O–H groups in total. The van der Waals surface area contributed by atoms with Gasteiger partial charge in [0.05, 0.1) is 6.10 Å². The molecule has 0 radical (unpaired) electrons. The summed E-state index contributed by atoms with van der Waals surface area (Å²) in [6.07, 6.45) is 3.63. The number of rotatable bonds is 6. The van der Waals surface area contributed by atoms with E-state index in [4.69, 9.17) is 4.74 Å². The summed E-state index contributed by atoms with van der Waals surface area (Å²) in [5.74, 6) is -0.0123. The number of ether oxygens (including phenoxy) is 1. The number of hydrogen-bond donors (Lipinski definition) is 2. The first-order chi connectivity index (χ1) is 7.18. The van der Waals surface area contributed by atoms with Crippen molar-refractivity contribution in [3.63, 3.8) is 0 Å². The van der Waals surface area contributed by atoms with Crippen LogP contribution >= 0.6 is 0 Å². The molecule has 1 aliphatic heterocycles. The van der Waals surface area contributed by atoms with Crippen molar-refractivity contribution >= 4 is 5.91 Å². The van der Waals surface area contributed by atoms with Crippen molar-refractivity contribution in [3.05, 3.63) is 0 Å². The minimum Gasteiger partial charge on any atom is -0.369 e. The van der Waals surface area contributed by atoms with Gasteiger partial charge in [0.15, 0.2) is 0 Å². The molecule has 0 aliphatic carbocycles. The largest absolute Gasteiger partial charge is 0.369 e. The normalized spacial score (nSPS) is 20.9. The van der Waals surface area contributed by atoms with Crippen LogP contribution in [0.15, 0.2) is 0 Å². The Morgan fingerprint density at radius 1 is 1.60 bits per heavy atom. The molecule has 1 aliphatic rings. The monoisotopic (exact) mass is 214 g/mol. The van der Waals surface area contributed by atoms with Gasteiger partial charge in [0, 0.05) is 12.6 Å². The summed E-state index contributed by atoms with van der Waals surface area (Å²) >= 11 is 0. The van der Waals surface area contributed by atoms with E-state index >= 15 is 0 Å². The lowest BCUT2D eigenvalue weighted by molar-refractivity contribution is -0.127. The Hall–Kier alpha value is -0.610. The van der Waals surface area contributed by atoms with Gasteiger partial charge in [-0.2, -0.15) is 0 Å². The van der Waals surface area contributed by atoms with E-state index in [1.165, 1.54) is 12.8 Å². The van der Waals surface area contributed by atoms with Crippen molar-refractivity contribution in [1.29, 1.82) is 0 Å². The summed E-state index contributed by atoms with van der Waals surface area (Å²) in [7, 11) is 0. The molecule has 0 aromatic rings. The third-order valence-corrected chi connectivity index (χ3v) is 2.53. The second-order valence-corrected chi connectivity index (χ2v) is 4.29. The van der Waals surface area contributed by atoms with Crippen LogP contribution in [0.2, 0.25) is 0 Å². The quantitative estimate of drug-likeness (QED) is 0.683. The fourth-order valence-electron chi connectivity index (χ4n) is 1.68. The Morgan fingerprint density at radius 2 is 2.40 bits per heavy atom. The fraction of sp³-hybridized carbons (Fsp3) is 0.909. The molecule has 1 rings (SSSR count). The van der Waals surface area contributed by atoms with E-state index in [1.54, 1.807) is 0 Å². The van der Waals surface area contributed by atoms with Crippen molar-refractivity contribution in [1.82, 2.24) is 10.6 Å². The molecule has 1 atom stereocenters. The second kappa shape index (κ2) is 6.80. The van der Waals surface area contributed by atoms with Gasteiger partial charge in [0.1, 0.15) is 6.61 Å². The van der Waals surface area contributed by atoms with Gasteiger partial charge in [-0.05, 0) is 39.7 Å². The average Bonchev–Trinajstić information content (AvgIpc) is 2.67. The highest BCUT2D eigenvalue weighted by molar-refractivity contribution is 5.77. The van der Waals surface area contributed by atoms with E-state index in [0.717, 1.165) is 19.5 Å². The van der Waals surface area contributed by atoms with Gasteiger partial charge in [-0.1, -0.05) is 0 Å². The fourth-order valence-corrected chi connectivity index (χ4v) is 1.68. The zero-order chi connectivity index (χ0) is 11.1. The van der Waals surface area contributed by atoms with Crippen LogP contribution in [0.5, 0.6) is 0 Å². The minimum absolute atomic E-state index is 0.0123. The van der Waals surface area contributed by atoms with Crippen molar-refractivity contribution in [2.75, 3.05) is 19.7 Å². The summed E-state index contributed by atoms with van der Waals surface area (Å²) in [6, 6.07) is 0.594. The maximum absolute atomic E-state index is 11.3. The number of nitrogens with one attached hydrogen (secondary N) is 2. The molecule has 1 amide bonds. The Balaban J connectivity index is 1.96. The molecule has 0 bridgehead atoms. The van der Waals surface area contributed by atoms with Gasteiger partial charge in [-0.3, -0.25) is 4.79 Å². The van der Waals surface area contributed by atoms with Crippen LogP contribution in [0.1, 0.15) is 33.1 Å². The number of carbonyl (C=O) groups excluding carboxylic acids is 1. The van der Waals surface area contributed by atoms with Gasteiger partial charge in [-0.25, -0.2) is 0 Å². The summed E-state index contributed by atoms with van der Waals surface area (Å²) in [4.78, 5) is 11.3. The highest BCUT2D eigenvalue weighted by Gasteiger charge is 2.13. The standard InChI is InChI=1S/C11H22N2O2/c1-9(2)15-8-11(14)13-7-5-10-4-3-6-12-10/h9-10,12H,3-8H2,1-2H3,(H,13,14)/t10-/m0/s1. The topological polar surface area (TPSA) is 50.4 Å². The minimum atomic E-state index is -0.0123. The molecular weight excluding hydrogens is 192 g/mol. The number of amides is 1. The van der Waals surface area contributed by atoms with E-state index < -0.39 is 0 Å². The molecule has 1 heterocycles. The van der Waals surface area contributed by atoms with Crippen molar-refractivity contribution in [2.24, 2.45) is 0 Å². The number of hydrogen-bond acceptors (Lipinski definition) is 3. The van der Waals surface area contributed by atoms with Crippen LogP contribution < -0.4 is 10.6 Å². The maximum atomic E-state index is 11.3. The van der Waals surface area contributed by atoms with Crippen LogP contribution in [0.4, 0.5) is 0 Å². The van der Waals surface area contributed by atoms with Gasteiger partial charge in [0.25, 0.3) is 0 Å². The molecule has 1 saturated heterocycles. The van der Waals surface area contributed by atoms with E-state index in [1.807, 2.05) is 13.8 Å². The molecular formula is C11H22N2O2. The Kier molecular flexibility index (Phi) is 5.65. The van der Waals surface area contributed by atoms with Crippen LogP contribution in [-0.4, -0.2) is 37.7 Å². The molecule has 88 valence electrons. The highest BCUT2D eigenvalue weighted by atomic mass is 16.5. The molecule has 0 spiro atoms. The van der Waals surface area contributed by atoms with Gasteiger partial charge >= 0.3 is 0 Å². The summed E-state index contributed by atoms with van der Waals surface area (Å²) in [6.45, 7) is 5.90. The van der Waals surface area contributed by atoms with E-state index in [9.17, 15) is 4.79 Å². The smallest absolute Gasteiger partial charge is 0.246 e. The van der Waals surface area contributed by atoms with Crippen molar-refractivity contribution in [2.45, 2.75) is 45.3 Å². The summed E-state index contributed by atoms with van der Waals surface area (Å²) in [5, 5.41) is 6.26. The third kappa shape index (κ3) is 5.74. The highest BCUT2D eigenvalue weighted by Crippen LogP contribution is 2.07. The van der Waals surface area contributed by atoms with Crippen LogP contribution in [-0.2, 0) is 9.53 Å². The maximum Gasteiger partial charge on any atom is 0.246 e. The molecule has 0 saturated carbocycles. The first kappa shape index (κ1) is 12.5. The Labute approximate surface area is 91.8 Å². The molecule has 4 nitrogen and oxygen atoms in total. The van der Waals surface area contributed by atoms with E-state index in [-0.39, 0.29) is 18.6 Å². The summed E-state index contributed by atoms with van der Waals surface area (Å²) in [5.41, 5.74) is 0. The molecule has 0 unspecified atom stereocenters. The lowest BCUT2D eigenvalue weighted by Gasteiger charge is -2.11. The summed E-state index contributed by atoms with van der Waals surface area (Å²) < 4.78 is 5.20. The van der Waals surface area contributed by atoms with Crippen LogP contribution in [0.3, 0.4) is 0 Å². The lowest BCUT2D eigenvalue weighted by Crippen LogP contribution is -2.33. The second-order valence-electron chi connectivity index (χ2n) is 4.29. The predicted octanol–water partition coefficient (Wildman–Crippen LogP) is 0.670. The lowest BCUT2D eigenvalue weighted by atomic mass is 10.1. The van der Waals surface area contributed by atoms with Gasteiger partial charge < -0.3 is 15.4 Å². The zero-order valence-corrected chi connectivity index (χ0v) is 9.71. The molecule has 0 aromatic heterocycles. The van der Waals surface area contributed by atoms with Crippen molar-refractivity contribution < 1.29 is 9.53 Å². The SMILES string of the molecule is CC(C)OCC(=O)NCC[C@@H]1CCCN1. The Morgan fingerprint density at radius 3 is 3.00 bits per heavy atom. The molecule has 0 aromatic carbocycles.